The number of nitrogens with zero attached hydrogens (tertiary/aromatic N) is 1. The average molecular weight is 458 g/mol. The van der Waals surface area contributed by atoms with Crippen molar-refractivity contribution in [3.8, 4) is 11.5 Å². The highest BCUT2D eigenvalue weighted by Gasteiger charge is 2.36. The molecule has 1 N–H and O–H groups in total. The van der Waals surface area contributed by atoms with E-state index in [0.29, 0.717) is 34.0 Å². The molecule has 0 aliphatic carbocycles. The van der Waals surface area contributed by atoms with E-state index in [-0.39, 0.29) is 18.9 Å². The number of esters is 1. The number of carbonyl (C=O) groups excluding carboxylic acids is 4. The largest absolute Gasteiger partial charge is 0.465 e. The number of rotatable bonds is 5. The molecule has 3 aromatic carbocycles. The van der Waals surface area contributed by atoms with Crippen LogP contribution < -0.4 is 19.7 Å². The Labute approximate surface area is 193 Å². The van der Waals surface area contributed by atoms with Gasteiger partial charge in [0.2, 0.25) is 6.79 Å². The molecule has 9 nitrogen and oxygen atoms in total. The van der Waals surface area contributed by atoms with E-state index in [9.17, 15) is 19.2 Å². The molecule has 2 aliphatic heterocycles. The summed E-state index contributed by atoms with van der Waals surface area (Å²) in [5, 5.41) is 2.74. The highest BCUT2D eigenvalue weighted by molar-refractivity contribution is 6.52. The SMILES string of the molecule is COC(=O)c1ccc(CN2C(=O)C(=O)c3cc(NC(=O)c4ccc5c(c4)OCO5)ccc32)cc1. The summed E-state index contributed by atoms with van der Waals surface area (Å²) in [6.45, 7) is 0.259. The van der Waals surface area contributed by atoms with E-state index < -0.39 is 23.6 Å². The van der Waals surface area contributed by atoms with Crippen LogP contribution >= 0.6 is 0 Å². The lowest BCUT2D eigenvalue weighted by atomic mass is 10.1. The van der Waals surface area contributed by atoms with Gasteiger partial charge in [-0.15, -0.1) is 0 Å². The lowest BCUT2D eigenvalue weighted by Crippen LogP contribution is -2.29. The van der Waals surface area contributed by atoms with Gasteiger partial charge in [0.1, 0.15) is 0 Å². The number of ketones is 1. The third-order valence-electron chi connectivity index (χ3n) is 5.58. The molecule has 0 bridgehead atoms. The predicted molar refractivity (Wildman–Crippen MR) is 120 cm³/mol. The van der Waals surface area contributed by atoms with Crippen molar-refractivity contribution in [3.05, 3.63) is 82.9 Å². The molecule has 0 spiro atoms. The van der Waals surface area contributed by atoms with Gasteiger partial charge in [0.25, 0.3) is 17.6 Å². The van der Waals surface area contributed by atoms with Crippen molar-refractivity contribution in [2.75, 3.05) is 24.1 Å². The summed E-state index contributed by atoms with van der Waals surface area (Å²) in [4.78, 5) is 50.9. The molecule has 9 heteroatoms. The molecule has 0 saturated carbocycles. The fourth-order valence-corrected chi connectivity index (χ4v) is 3.82. The van der Waals surface area contributed by atoms with E-state index >= 15 is 0 Å². The van der Waals surface area contributed by atoms with Gasteiger partial charge in [0.15, 0.2) is 11.5 Å². The zero-order valence-electron chi connectivity index (χ0n) is 18.0. The Morgan fingerprint density at radius 3 is 2.44 bits per heavy atom. The number of Topliss-reactive ketones (excluding diaryl/α,β-unsaturated/α-hetero) is 1. The summed E-state index contributed by atoms with van der Waals surface area (Å²) in [5.74, 6) is -1.11. The Balaban J connectivity index is 1.34. The summed E-state index contributed by atoms with van der Waals surface area (Å²) in [7, 11) is 1.30. The third kappa shape index (κ3) is 3.73. The van der Waals surface area contributed by atoms with Crippen LogP contribution in [0, 0.1) is 0 Å². The molecule has 0 fully saturated rings. The standard InChI is InChI=1S/C25H18N2O7/c1-32-25(31)15-4-2-14(3-5-15)12-27-19-8-7-17(11-18(19)22(28)24(27)30)26-23(29)16-6-9-20-21(10-16)34-13-33-20/h2-11H,12-13H2,1H3,(H,26,29). The van der Waals surface area contributed by atoms with Crippen LogP contribution in [-0.2, 0) is 16.1 Å². The minimum Gasteiger partial charge on any atom is -0.465 e. The second-order valence-corrected chi connectivity index (χ2v) is 7.66. The Morgan fingerprint density at radius 1 is 0.941 bits per heavy atom. The molecule has 5 rings (SSSR count). The minimum absolute atomic E-state index is 0.104. The fraction of sp³-hybridized carbons (Fsp3) is 0.120. The highest BCUT2D eigenvalue weighted by Crippen LogP contribution is 2.34. The van der Waals surface area contributed by atoms with E-state index in [4.69, 9.17) is 9.47 Å². The lowest BCUT2D eigenvalue weighted by Gasteiger charge is -2.17. The quantitative estimate of drug-likeness (QED) is 0.462. The van der Waals surface area contributed by atoms with Gasteiger partial charge < -0.3 is 24.4 Å². The van der Waals surface area contributed by atoms with Crippen molar-refractivity contribution >= 4 is 34.9 Å². The summed E-state index contributed by atoms with van der Waals surface area (Å²) >= 11 is 0. The van der Waals surface area contributed by atoms with E-state index in [2.05, 4.69) is 10.1 Å². The number of carbonyl (C=O) groups is 4. The van der Waals surface area contributed by atoms with Crippen LogP contribution in [0.3, 0.4) is 0 Å². The molecule has 0 saturated heterocycles. The number of fused-ring (bicyclic) bond motifs is 2. The topological polar surface area (TPSA) is 111 Å². The second kappa shape index (κ2) is 8.36. The van der Waals surface area contributed by atoms with Crippen LogP contribution in [0.15, 0.2) is 60.7 Å². The predicted octanol–water partition coefficient (Wildman–Crippen LogP) is 3.18. The van der Waals surface area contributed by atoms with Gasteiger partial charge in [0.05, 0.1) is 30.5 Å². The van der Waals surface area contributed by atoms with Gasteiger partial charge in [0, 0.05) is 11.3 Å². The first-order valence-corrected chi connectivity index (χ1v) is 10.3. The molecule has 0 unspecified atom stereocenters. The van der Waals surface area contributed by atoms with Crippen LogP contribution in [0.25, 0.3) is 0 Å². The Morgan fingerprint density at radius 2 is 1.68 bits per heavy atom. The van der Waals surface area contributed by atoms with Gasteiger partial charge in [-0.25, -0.2) is 4.79 Å². The summed E-state index contributed by atoms with van der Waals surface area (Å²) in [6.07, 6.45) is 0. The number of hydrogen-bond acceptors (Lipinski definition) is 7. The number of ether oxygens (including phenoxy) is 3. The molecular formula is C25H18N2O7. The minimum atomic E-state index is -0.661. The van der Waals surface area contributed by atoms with Crippen LogP contribution in [0.2, 0.25) is 0 Å². The first kappa shape index (κ1) is 21.2. The summed E-state index contributed by atoms with van der Waals surface area (Å²) in [6, 6.07) is 16.2. The maximum absolute atomic E-state index is 12.7. The van der Waals surface area contributed by atoms with E-state index in [0.717, 1.165) is 5.56 Å². The summed E-state index contributed by atoms with van der Waals surface area (Å²) < 4.78 is 15.2. The van der Waals surface area contributed by atoms with Crippen LogP contribution in [0.1, 0.15) is 36.6 Å². The molecule has 3 aromatic rings. The molecule has 2 aliphatic rings. The molecule has 34 heavy (non-hydrogen) atoms. The van der Waals surface area contributed by atoms with E-state index in [1.807, 2.05) is 0 Å². The monoisotopic (exact) mass is 458 g/mol. The molecule has 2 amide bonds. The van der Waals surface area contributed by atoms with Gasteiger partial charge in [-0.05, 0) is 54.1 Å². The number of nitrogens with one attached hydrogen (secondary N) is 1. The van der Waals surface area contributed by atoms with Gasteiger partial charge in [-0.3, -0.25) is 14.4 Å². The lowest BCUT2D eigenvalue weighted by molar-refractivity contribution is -0.114. The summed E-state index contributed by atoms with van der Waals surface area (Å²) in [5.41, 5.74) is 2.53. The second-order valence-electron chi connectivity index (χ2n) is 7.66. The normalized spacial score (nSPS) is 13.6. The molecule has 0 atom stereocenters. The van der Waals surface area contributed by atoms with Crippen molar-refractivity contribution < 1.29 is 33.4 Å². The maximum atomic E-state index is 12.7. The number of anilines is 2. The number of benzene rings is 3. The van der Waals surface area contributed by atoms with E-state index in [1.54, 1.807) is 54.6 Å². The smallest absolute Gasteiger partial charge is 0.337 e. The Hall–Kier alpha value is -4.66. The maximum Gasteiger partial charge on any atom is 0.337 e. The number of hydrogen-bond donors (Lipinski definition) is 1. The highest BCUT2D eigenvalue weighted by atomic mass is 16.7. The fourth-order valence-electron chi connectivity index (χ4n) is 3.82. The molecule has 0 aromatic heterocycles. The first-order valence-electron chi connectivity index (χ1n) is 10.3. The number of amides is 2. The average Bonchev–Trinajstić information content (AvgIpc) is 3.42. The third-order valence-corrected chi connectivity index (χ3v) is 5.58. The van der Waals surface area contributed by atoms with Crippen molar-refractivity contribution in [2.24, 2.45) is 0 Å². The molecular weight excluding hydrogens is 440 g/mol. The van der Waals surface area contributed by atoms with Crippen molar-refractivity contribution in [3.63, 3.8) is 0 Å². The Kier molecular flexibility index (Phi) is 5.21. The molecule has 170 valence electrons. The zero-order chi connectivity index (χ0) is 23.8. The number of methoxy groups -OCH3 is 1. The first-order chi connectivity index (χ1) is 16.4. The van der Waals surface area contributed by atoms with Crippen molar-refractivity contribution in [1.82, 2.24) is 0 Å². The van der Waals surface area contributed by atoms with Crippen LogP contribution in [0.4, 0.5) is 11.4 Å². The van der Waals surface area contributed by atoms with Crippen LogP contribution in [-0.4, -0.2) is 37.5 Å². The van der Waals surface area contributed by atoms with Crippen LogP contribution in [0.5, 0.6) is 11.5 Å². The van der Waals surface area contributed by atoms with Gasteiger partial charge in [-0.2, -0.15) is 0 Å². The molecule has 0 radical (unpaired) electrons. The van der Waals surface area contributed by atoms with Crippen molar-refractivity contribution in [1.29, 1.82) is 0 Å². The van der Waals surface area contributed by atoms with E-state index in [1.165, 1.54) is 18.1 Å². The van der Waals surface area contributed by atoms with Gasteiger partial charge in [-0.1, -0.05) is 12.1 Å². The van der Waals surface area contributed by atoms with Gasteiger partial charge >= 0.3 is 5.97 Å². The van der Waals surface area contributed by atoms with Crippen molar-refractivity contribution in [2.45, 2.75) is 6.54 Å². The Bertz CT molecular complexity index is 1350. The molecule has 2 heterocycles. The zero-order valence-corrected chi connectivity index (χ0v) is 18.0.